The van der Waals surface area contributed by atoms with Gasteiger partial charge in [0.2, 0.25) is 0 Å². The van der Waals surface area contributed by atoms with Crippen molar-refractivity contribution in [1.29, 1.82) is 0 Å². The summed E-state index contributed by atoms with van der Waals surface area (Å²) < 4.78 is 0. The number of benzene rings is 1. The predicted molar refractivity (Wildman–Crippen MR) is 109 cm³/mol. The van der Waals surface area contributed by atoms with E-state index in [9.17, 15) is 4.79 Å². The number of rotatable bonds is 10. The Morgan fingerprint density at radius 3 is 2.54 bits per heavy atom. The van der Waals surface area contributed by atoms with Gasteiger partial charge in [-0.3, -0.25) is 4.79 Å². The molecule has 0 atom stereocenters. The number of carbonyl (C=O) groups is 1. The van der Waals surface area contributed by atoms with Crippen LogP contribution in [0.5, 0.6) is 0 Å². The van der Waals surface area contributed by atoms with Crippen LogP contribution in [0.4, 0.5) is 11.5 Å². The maximum Gasteiger partial charge on any atom is 0.257 e. The summed E-state index contributed by atoms with van der Waals surface area (Å²) in [4.78, 5) is 16.8. The van der Waals surface area contributed by atoms with E-state index in [2.05, 4.69) is 15.6 Å². The molecule has 0 aliphatic rings. The number of anilines is 2. The van der Waals surface area contributed by atoms with Gasteiger partial charge in [0.15, 0.2) is 0 Å². The quantitative estimate of drug-likeness (QED) is 0.557. The first-order valence-electron chi connectivity index (χ1n) is 9.39. The van der Waals surface area contributed by atoms with Crippen molar-refractivity contribution in [2.75, 3.05) is 23.7 Å². The fraction of sp³-hybridized carbons (Fsp3) is 0.429. The summed E-state index contributed by atoms with van der Waals surface area (Å²) in [7, 11) is 0. The molecule has 1 aromatic heterocycles. The zero-order chi connectivity index (χ0) is 18.8. The van der Waals surface area contributed by atoms with Crippen molar-refractivity contribution in [2.45, 2.75) is 46.0 Å². The Morgan fingerprint density at radius 2 is 1.81 bits per heavy atom. The van der Waals surface area contributed by atoms with E-state index < -0.39 is 0 Å². The van der Waals surface area contributed by atoms with Crippen LogP contribution in [0.3, 0.4) is 0 Å². The maximum atomic E-state index is 12.6. The summed E-state index contributed by atoms with van der Waals surface area (Å²) in [6.45, 7) is 5.63. The number of pyridine rings is 1. The van der Waals surface area contributed by atoms with Gasteiger partial charge in [-0.1, -0.05) is 31.4 Å². The van der Waals surface area contributed by atoms with Gasteiger partial charge in [-0.25, -0.2) is 4.98 Å². The molecule has 0 unspecified atom stereocenters. The van der Waals surface area contributed by atoms with E-state index in [1.807, 2.05) is 44.2 Å². The molecule has 5 nitrogen and oxygen atoms in total. The Labute approximate surface area is 156 Å². The van der Waals surface area contributed by atoms with Gasteiger partial charge in [-0.05, 0) is 62.6 Å². The van der Waals surface area contributed by atoms with E-state index in [1.165, 1.54) is 19.3 Å². The summed E-state index contributed by atoms with van der Waals surface area (Å²) in [6, 6.07) is 9.52. The molecular weight excluding hydrogens is 324 g/mol. The Morgan fingerprint density at radius 1 is 1.04 bits per heavy atom. The molecule has 0 bridgehead atoms. The smallest absolute Gasteiger partial charge is 0.257 e. The van der Waals surface area contributed by atoms with Crippen LogP contribution in [-0.2, 0) is 0 Å². The molecule has 5 heteroatoms. The van der Waals surface area contributed by atoms with Gasteiger partial charge >= 0.3 is 0 Å². The van der Waals surface area contributed by atoms with E-state index >= 15 is 0 Å². The molecule has 140 valence electrons. The van der Waals surface area contributed by atoms with Crippen molar-refractivity contribution in [3.63, 3.8) is 0 Å². The van der Waals surface area contributed by atoms with Crippen molar-refractivity contribution in [2.24, 2.45) is 5.73 Å². The molecule has 0 radical (unpaired) electrons. The van der Waals surface area contributed by atoms with Crippen LogP contribution < -0.4 is 16.4 Å². The first-order valence-corrected chi connectivity index (χ1v) is 9.39. The van der Waals surface area contributed by atoms with E-state index in [0.29, 0.717) is 11.4 Å². The van der Waals surface area contributed by atoms with Crippen LogP contribution in [0.15, 0.2) is 36.5 Å². The predicted octanol–water partition coefficient (Wildman–Crippen LogP) is 4.27. The SMILES string of the molecule is Cc1ccc(NC(=O)c2cccc(NCCCCCCCN)c2C)nc1. The minimum Gasteiger partial charge on any atom is -0.385 e. The second-order valence-electron chi connectivity index (χ2n) is 6.64. The summed E-state index contributed by atoms with van der Waals surface area (Å²) in [5.74, 6) is 0.431. The minimum atomic E-state index is -0.135. The molecule has 2 rings (SSSR count). The fourth-order valence-electron chi connectivity index (χ4n) is 2.82. The highest BCUT2D eigenvalue weighted by atomic mass is 16.1. The highest BCUT2D eigenvalue weighted by Crippen LogP contribution is 2.20. The van der Waals surface area contributed by atoms with Crippen LogP contribution >= 0.6 is 0 Å². The fourth-order valence-corrected chi connectivity index (χ4v) is 2.82. The number of hydrogen-bond donors (Lipinski definition) is 3. The van der Waals surface area contributed by atoms with E-state index in [-0.39, 0.29) is 5.91 Å². The van der Waals surface area contributed by atoms with Crippen LogP contribution in [0, 0.1) is 13.8 Å². The first-order chi connectivity index (χ1) is 12.6. The van der Waals surface area contributed by atoms with Crippen molar-refractivity contribution in [3.05, 3.63) is 53.2 Å². The molecule has 0 fully saturated rings. The molecule has 1 heterocycles. The summed E-state index contributed by atoms with van der Waals surface area (Å²) in [5.41, 5.74) is 9.21. The van der Waals surface area contributed by atoms with Crippen molar-refractivity contribution >= 4 is 17.4 Å². The summed E-state index contributed by atoms with van der Waals surface area (Å²) in [5, 5.41) is 6.31. The van der Waals surface area contributed by atoms with Crippen LogP contribution in [0.1, 0.15) is 53.6 Å². The normalized spacial score (nSPS) is 10.6. The number of unbranched alkanes of at least 4 members (excludes halogenated alkanes) is 4. The monoisotopic (exact) mass is 354 g/mol. The molecule has 0 saturated carbocycles. The summed E-state index contributed by atoms with van der Waals surface area (Å²) in [6.07, 6.45) is 7.61. The largest absolute Gasteiger partial charge is 0.385 e. The highest BCUT2D eigenvalue weighted by molar-refractivity contribution is 6.05. The highest BCUT2D eigenvalue weighted by Gasteiger charge is 2.12. The standard InChI is InChI=1S/C21H30N4O/c1-16-11-12-20(24-15-16)25-21(26)18-9-8-10-19(17(18)2)23-14-7-5-3-4-6-13-22/h8-12,15,23H,3-7,13-14,22H2,1-2H3,(H,24,25,26). The van der Waals surface area contributed by atoms with Crippen molar-refractivity contribution in [1.82, 2.24) is 4.98 Å². The second kappa shape index (κ2) is 10.6. The number of nitrogens with zero attached hydrogens (tertiary/aromatic N) is 1. The van der Waals surface area contributed by atoms with Crippen molar-refractivity contribution < 1.29 is 4.79 Å². The molecular formula is C21H30N4O. The van der Waals surface area contributed by atoms with E-state index in [4.69, 9.17) is 5.73 Å². The average Bonchev–Trinajstić information content (AvgIpc) is 2.64. The summed E-state index contributed by atoms with van der Waals surface area (Å²) >= 11 is 0. The number of aromatic nitrogens is 1. The average molecular weight is 354 g/mol. The van der Waals surface area contributed by atoms with Crippen LogP contribution in [0.2, 0.25) is 0 Å². The van der Waals surface area contributed by atoms with E-state index in [1.54, 1.807) is 6.20 Å². The number of nitrogens with two attached hydrogens (primary N) is 1. The third-order valence-electron chi connectivity index (χ3n) is 4.43. The lowest BCUT2D eigenvalue weighted by molar-refractivity contribution is 0.102. The molecule has 1 aromatic carbocycles. The second-order valence-corrected chi connectivity index (χ2v) is 6.64. The minimum absolute atomic E-state index is 0.135. The first kappa shape index (κ1) is 19.9. The molecule has 0 spiro atoms. The molecule has 4 N–H and O–H groups in total. The van der Waals surface area contributed by atoms with E-state index in [0.717, 1.165) is 42.7 Å². The lowest BCUT2D eigenvalue weighted by Crippen LogP contribution is -2.15. The van der Waals surface area contributed by atoms with Gasteiger partial charge in [0.1, 0.15) is 5.82 Å². The molecule has 1 amide bonds. The molecule has 0 aliphatic heterocycles. The Balaban J connectivity index is 1.89. The number of nitrogens with one attached hydrogen (secondary N) is 2. The molecule has 0 saturated heterocycles. The van der Waals surface area contributed by atoms with Gasteiger partial charge in [0.25, 0.3) is 5.91 Å². The maximum absolute atomic E-state index is 12.6. The third kappa shape index (κ3) is 6.15. The van der Waals surface area contributed by atoms with Crippen molar-refractivity contribution in [3.8, 4) is 0 Å². The molecule has 2 aromatic rings. The number of amides is 1. The van der Waals surface area contributed by atoms with Crippen LogP contribution in [0.25, 0.3) is 0 Å². The zero-order valence-electron chi connectivity index (χ0n) is 15.8. The topological polar surface area (TPSA) is 80.0 Å². The number of aryl methyl sites for hydroxylation is 1. The lowest BCUT2D eigenvalue weighted by atomic mass is 10.1. The van der Waals surface area contributed by atoms with Gasteiger partial charge in [0, 0.05) is 24.0 Å². The van der Waals surface area contributed by atoms with Gasteiger partial charge < -0.3 is 16.4 Å². The Kier molecular flexibility index (Phi) is 8.09. The number of carbonyl (C=O) groups excluding carboxylic acids is 1. The lowest BCUT2D eigenvalue weighted by Gasteiger charge is -2.13. The van der Waals surface area contributed by atoms with Gasteiger partial charge in [-0.2, -0.15) is 0 Å². The zero-order valence-corrected chi connectivity index (χ0v) is 15.8. The Hall–Kier alpha value is -2.40. The third-order valence-corrected chi connectivity index (χ3v) is 4.43. The van der Waals surface area contributed by atoms with Crippen LogP contribution in [-0.4, -0.2) is 24.0 Å². The molecule has 0 aliphatic carbocycles. The molecule has 26 heavy (non-hydrogen) atoms. The van der Waals surface area contributed by atoms with Gasteiger partial charge in [-0.15, -0.1) is 0 Å². The Bertz CT molecular complexity index is 698. The van der Waals surface area contributed by atoms with Gasteiger partial charge in [0.05, 0.1) is 0 Å². The number of hydrogen-bond acceptors (Lipinski definition) is 4.